The van der Waals surface area contributed by atoms with E-state index in [1.165, 1.54) is 18.1 Å². The van der Waals surface area contributed by atoms with Gasteiger partial charge in [0, 0.05) is 12.8 Å². The molecule has 0 heterocycles. The van der Waals surface area contributed by atoms with Crippen LogP contribution in [-0.2, 0) is 21.4 Å². The first-order valence-corrected chi connectivity index (χ1v) is 7.13. The molecule has 0 N–H and O–H groups in total. The highest BCUT2D eigenvalue weighted by atomic mass is 16.5. The molecular weight excluding hydrogens is 248 g/mol. The third-order valence-electron chi connectivity index (χ3n) is 3.47. The summed E-state index contributed by atoms with van der Waals surface area (Å²) in [6.45, 7) is 13.9. The summed E-state index contributed by atoms with van der Waals surface area (Å²) in [5.74, 6) is -0.0401. The number of hydrogen-bond acceptors (Lipinski definition) is 2. The Morgan fingerprint density at radius 3 is 2.25 bits per heavy atom. The summed E-state index contributed by atoms with van der Waals surface area (Å²) < 4.78 is 5.25. The van der Waals surface area contributed by atoms with E-state index in [-0.39, 0.29) is 23.4 Å². The molecule has 0 aliphatic heterocycles. The van der Waals surface area contributed by atoms with Crippen LogP contribution in [0, 0.1) is 5.92 Å². The minimum absolute atomic E-state index is 0.172. The lowest BCUT2D eigenvalue weighted by Gasteiger charge is -2.22. The average Bonchev–Trinajstić information content (AvgIpc) is 2.35. The SMILES string of the molecule is C=CC(OC(C)=O)C(C)Cc1ccc(C(C)(C)C)cc1. The zero-order chi connectivity index (χ0) is 15.3. The fourth-order valence-electron chi connectivity index (χ4n) is 2.22. The van der Waals surface area contributed by atoms with Crippen molar-refractivity contribution in [3.63, 3.8) is 0 Å². The first kappa shape index (κ1) is 16.5. The van der Waals surface area contributed by atoms with Crippen LogP contribution >= 0.6 is 0 Å². The lowest BCUT2D eigenvalue weighted by molar-refractivity contribution is -0.146. The Morgan fingerprint density at radius 2 is 1.85 bits per heavy atom. The molecule has 1 aromatic rings. The molecule has 0 aliphatic rings. The van der Waals surface area contributed by atoms with Gasteiger partial charge in [-0.05, 0) is 23.0 Å². The predicted molar refractivity (Wildman–Crippen MR) is 83.8 cm³/mol. The fourth-order valence-corrected chi connectivity index (χ4v) is 2.22. The molecule has 2 unspecified atom stereocenters. The van der Waals surface area contributed by atoms with Gasteiger partial charge in [0.2, 0.25) is 0 Å². The van der Waals surface area contributed by atoms with Crippen LogP contribution in [0.3, 0.4) is 0 Å². The quantitative estimate of drug-likeness (QED) is 0.591. The summed E-state index contributed by atoms with van der Waals surface area (Å²) in [7, 11) is 0. The smallest absolute Gasteiger partial charge is 0.303 e. The fraction of sp³-hybridized carbons (Fsp3) is 0.500. The van der Waals surface area contributed by atoms with E-state index in [1.807, 2.05) is 0 Å². The molecule has 0 amide bonds. The molecule has 0 fully saturated rings. The van der Waals surface area contributed by atoms with Crippen LogP contribution in [0.4, 0.5) is 0 Å². The molecule has 2 nitrogen and oxygen atoms in total. The van der Waals surface area contributed by atoms with Crippen molar-refractivity contribution < 1.29 is 9.53 Å². The average molecular weight is 274 g/mol. The molecule has 1 rings (SSSR count). The molecule has 110 valence electrons. The second-order valence-electron chi connectivity index (χ2n) is 6.44. The maximum atomic E-state index is 11.1. The Labute approximate surface area is 122 Å². The first-order valence-electron chi connectivity index (χ1n) is 7.13. The summed E-state index contributed by atoms with van der Waals surface area (Å²) in [5, 5.41) is 0. The van der Waals surface area contributed by atoms with E-state index in [2.05, 4.69) is 58.5 Å². The van der Waals surface area contributed by atoms with Gasteiger partial charge in [-0.15, -0.1) is 0 Å². The van der Waals surface area contributed by atoms with E-state index < -0.39 is 0 Å². The molecule has 2 atom stereocenters. The normalized spacial score (nSPS) is 14.4. The Kier molecular flexibility index (Phi) is 5.55. The maximum absolute atomic E-state index is 11.1. The van der Waals surface area contributed by atoms with Gasteiger partial charge in [0.25, 0.3) is 0 Å². The first-order chi connectivity index (χ1) is 9.24. The van der Waals surface area contributed by atoms with Gasteiger partial charge in [-0.3, -0.25) is 4.79 Å². The van der Waals surface area contributed by atoms with E-state index in [0.29, 0.717) is 0 Å². The predicted octanol–water partition coefficient (Wildman–Crippen LogP) is 4.28. The number of carbonyl (C=O) groups excluding carboxylic acids is 1. The Hall–Kier alpha value is -1.57. The molecule has 2 heteroatoms. The van der Waals surface area contributed by atoms with Gasteiger partial charge in [-0.25, -0.2) is 0 Å². The maximum Gasteiger partial charge on any atom is 0.303 e. The third kappa shape index (κ3) is 4.84. The summed E-state index contributed by atoms with van der Waals surface area (Å²) in [6.07, 6.45) is 2.35. The van der Waals surface area contributed by atoms with Crippen molar-refractivity contribution in [3.8, 4) is 0 Å². The molecule has 20 heavy (non-hydrogen) atoms. The van der Waals surface area contributed by atoms with Crippen molar-refractivity contribution >= 4 is 5.97 Å². The van der Waals surface area contributed by atoms with Crippen molar-refractivity contribution in [3.05, 3.63) is 48.0 Å². The second kappa shape index (κ2) is 6.74. The van der Waals surface area contributed by atoms with Gasteiger partial charge < -0.3 is 4.74 Å². The van der Waals surface area contributed by atoms with Crippen LogP contribution in [0.1, 0.15) is 45.7 Å². The van der Waals surface area contributed by atoms with E-state index in [1.54, 1.807) is 6.08 Å². The number of carbonyl (C=O) groups is 1. The van der Waals surface area contributed by atoms with Crippen molar-refractivity contribution in [2.24, 2.45) is 5.92 Å². The van der Waals surface area contributed by atoms with Crippen LogP contribution in [0.5, 0.6) is 0 Å². The van der Waals surface area contributed by atoms with Gasteiger partial charge in [0.15, 0.2) is 0 Å². The summed E-state index contributed by atoms with van der Waals surface area (Å²) in [6, 6.07) is 8.67. The molecule has 1 aromatic carbocycles. The van der Waals surface area contributed by atoms with Gasteiger partial charge in [-0.2, -0.15) is 0 Å². The molecule has 0 radical (unpaired) electrons. The number of hydrogen-bond donors (Lipinski definition) is 0. The Bertz CT molecular complexity index is 451. The van der Waals surface area contributed by atoms with E-state index >= 15 is 0 Å². The van der Waals surface area contributed by atoms with Crippen LogP contribution in [-0.4, -0.2) is 12.1 Å². The van der Waals surface area contributed by atoms with Crippen molar-refractivity contribution in [2.75, 3.05) is 0 Å². The van der Waals surface area contributed by atoms with Gasteiger partial charge in [-0.1, -0.05) is 64.6 Å². The van der Waals surface area contributed by atoms with Crippen LogP contribution in [0.15, 0.2) is 36.9 Å². The van der Waals surface area contributed by atoms with Crippen LogP contribution in [0.2, 0.25) is 0 Å². The van der Waals surface area contributed by atoms with Gasteiger partial charge >= 0.3 is 5.97 Å². The highest BCUT2D eigenvalue weighted by molar-refractivity contribution is 5.66. The minimum Gasteiger partial charge on any atom is -0.458 e. The number of benzene rings is 1. The number of esters is 1. The molecule has 0 bridgehead atoms. The Balaban J connectivity index is 2.72. The third-order valence-corrected chi connectivity index (χ3v) is 3.47. The summed E-state index contributed by atoms with van der Waals surface area (Å²) >= 11 is 0. The molecule has 0 spiro atoms. The van der Waals surface area contributed by atoms with Gasteiger partial charge in [0.1, 0.15) is 6.10 Å². The van der Waals surface area contributed by atoms with Crippen LogP contribution in [0.25, 0.3) is 0 Å². The molecule has 0 aromatic heterocycles. The standard InChI is InChI=1S/C18H26O2/c1-7-17(20-14(3)19)13(2)12-15-8-10-16(11-9-15)18(4,5)6/h7-11,13,17H,1,12H2,2-6H3. The monoisotopic (exact) mass is 274 g/mol. The second-order valence-corrected chi connectivity index (χ2v) is 6.44. The number of rotatable bonds is 5. The van der Waals surface area contributed by atoms with Crippen molar-refractivity contribution in [2.45, 2.75) is 52.6 Å². The topological polar surface area (TPSA) is 26.3 Å². The molecule has 0 saturated carbocycles. The summed E-state index contributed by atoms with van der Waals surface area (Å²) in [5.41, 5.74) is 2.75. The van der Waals surface area contributed by atoms with E-state index in [4.69, 9.17) is 4.74 Å². The van der Waals surface area contributed by atoms with Crippen molar-refractivity contribution in [1.29, 1.82) is 0 Å². The zero-order valence-electron chi connectivity index (χ0n) is 13.3. The highest BCUT2D eigenvalue weighted by Gasteiger charge is 2.18. The Morgan fingerprint density at radius 1 is 1.30 bits per heavy atom. The van der Waals surface area contributed by atoms with Crippen LogP contribution < -0.4 is 0 Å². The molecule has 0 saturated heterocycles. The lowest BCUT2D eigenvalue weighted by Crippen LogP contribution is -2.23. The van der Waals surface area contributed by atoms with Crippen molar-refractivity contribution in [1.82, 2.24) is 0 Å². The lowest BCUT2D eigenvalue weighted by atomic mass is 9.86. The largest absolute Gasteiger partial charge is 0.458 e. The zero-order valence-corrected chi connectivity index (χ0v) is 13.3. The van der Waals surface area contributed by atoms with E-state index in [9.17, 15) is 4.79 Å². The molecule has 0 aliphatic carbocycles. The number of ether oxygens (including phenoxy) is 1. The van der Waals surface area contributed by atoms with E-state index in [0.717, 1.165) is 6.42 Å². The highest BCUT2D eigenvalue weighted by Crippen LogP contribution is 2.23. The summed E-state index contributed by atoms with van der Waals surface area (Å²) in [4.78, 5) is 11.1. The molecular formula is C18H26O2. The minimum atomic E-state index is -0.259. The van der Waals surface area contributed by atoms with Gasteiger partial charge in [0.05, 0.1) is 0 Å².